The van der Waals surface area contributed by atoms with Crippen molar-refractivity contribution in [2.24, 2.45) is 0 Å². The lowest BCUT2D eigenvalue weighted by atomic mass is 9.80. The number of rotatable bonds is 4. The molecule has 1 N–H and O–H groups in total. The molecule has 1 aliphatic heterocycles. The van der Waals surface area contributed by atoms with Gasteiger partial charge in [-0.05, 0) is 23.6 Å². The molecule has 0 fully saturated rings. The smallest absolute Gasteiger partial charge is 0.336 e. The van der Waals surface area contributed by atoms with Gasteiger partial charge in [-0.3, -0.25) is 10.1 Å². The molecule has 4 rings (SSSR count). The molecule has 0 radical (unpaired) electrons. The van der Waals surface area contributed by atoms with E-state index in [-0.39, 0.29) is 5.69 Å². The Kier molecular flexibility index (Phi) is 4.90. The van der Waals surface area contributed by atoms with E-state index in [1.54, 1.807) is 17.4 Å². The predicted molar refractivity (Wildman–Crippen MR) is 113 cm³/mol. The van der Waals surface area contributed by atoms with E-state index in [1.165, 1.54) is 19.2 Å². The van der Waals surface area contributed by atoms with Crippen LogP contribution in [0.2, 0.25) is 0 Å². The van der Waals surface area contributed by atoms with Crippen molar-refractivity contribution in [2.45, 2.75) is 12.8 Å². The Balaban J connectivity index is 1.98. The summed E-state index contributed by atoms with van der Waals surface area (Å²) in [6, 6.07) is 16.3. The summed E-state index contributed by atoms with van der Waals surface area (Å²) < 4.78 is 5.06. The Bertz CT molecular complexity index is 1130. The van der Waals surface area contributed by atoms with Crippen molar-refractivity contribution in [1.82, 2.24) is 0 Å². The van der Waals surface area contributed by atoms with Crippen molar-refractivity contribution >= 4 is 28.0 Å². The number of methoxy groups -OCH3 is 1. The van der Waals surface area contributed by atoms with Crippen LogP contribution in [-0.4, -0.2) is 18.0 Å². The van der Waals surface area contributed by atoms with Crippen LogP contribution < -0.4 is 5.32 Å². The number of carbonyl (C=O) groups is 1. The van der Waals surface area contributed by atoms with Gasteiger partial charge in [-0.2, -0.15) is 0 Å². The molecule has 0 aliphatic carbocycles. The number of thiophene rings is 1. The lowest BCUT2D eigenvalue weighted by Crippen LogP contribution is -2.23. The molecule has 7 heteroatoms. The van der Waals surface area contributed by atoms with E-state index in [0.29, 0.717) is 16.8 Å². The van der Waals surface area contributed by atoms with Gasteiger partial charge in [0.25, 0.3) is 5.69 Å². The number of carbonyl (C=O) groups excluding carboxylic acids is 1. The second kappa shape index (κ2) is 7.52. The number of benzene rings is 2. The standard InChI is InChI=1S/C22H18N2O4S/c1-13-18(22(25)28-2)19(15-9-6-10-16(11-15)24(26)27)20-17(12-29-21(20)23-13)14-7-4-3-5-8-14/h3-12,19,23H,1-2H3. The highest BCUT2D eigenvalue weighted by Gasteiger charge is 2.36. The minimum Gasteiger partial charge on any atom is -0.466 e. The van der Waals surface area contributed by atoms with Crippen LogP contribution in [-0.2, 0) is 9.53 Å². The molecule has 1 aromatic heterocycles. The zero-order chi connectivity index (χ0) is 20.5. The number of allylic oxidation sites excluding steroid dienone is 1. The van der Waals surface area contributed by atoms with Gasteiger partial charge < -0.3 is 10.1 Å². The number of hydrogen-bond donors (Lipinski definition) is 1. The van der Waals surface area contributed by atoms with E-state index in [1.807, 2.05) is 48.7 Å². The van der Waals surface area contributed by atoms with Gasteiger partial charge in [0.1, 0.15) is 0 Å². The van der Waals surface area contributed by atoms with Crippen LogP contribution in [0.15, 0.2) is 71.2 Å². The average molecular weight is 406 g/mol. The molecule has 0 saturated carbocycles. The third-order valence-corrected chi connectivity index (χ3v) is 5.93. The first-order valence-corrected chi connectivity index (χ1v) is 9.86. The molecule has 0 spiro atoms. The molecule has 0 amide bonds. The van der Waals surface area contributed by atoms with Crippen LogP contribution >= 0.6 is 11.3 Å². The molecule has 1 aliphatic rings. The summed E-state index contributed by atoms with van der Waals surface area (Å²) in [5.74, 6) is -0.928. The number of anilines is 1. The molecule has 1 atom stereocenters. The van der Waals surface area contributed by atoms with Gasteiger partial charge in [0.15, 0.2) is 0 Å². The van der Waals surface area contributed by atoms with Crippen LogP contribution in [0.3, 0.4) is 0 Å². The summed E-state index contributed by atoms with van der Waals surface area (Å²) >= 11 is 1.55. The van der Waals surface area contributed by atoms with Gasteiger partial charge in [-0.15, -0.1) is 11.3 Å². The van der Waals surface area contributed by atoms with Gasteiger partial charge in [0.2, 0.25) is 0 Å². The number of ether oxygens (including phenoxy) is 1. The van der Waals surface area contributed by atoms with Crippen molar-refractivity contribution in [3.63, 3.8) is 0 Å². The fourth-order valence-electron chi connectivity index (χ4n) is 3.72. The topological polar surface area (TPSA) is 81.5 Å². The zero-order valence-corrected chi connectivity index (χ0v) is 16.7. The van der Waals surface area contributed by atoms with Gasteiger partial charge in [0.05, 0.1) is 22.6 Å². The van der Waals surface area contributed by atoms with Gasteiger partial charge in [-0.1, -0.05) is 42.5 Å². The second-order valence-electron chi connectivity index (χ2n) is 6.70. The van der Waals surface area contributed by atoms with E-state index in [0.717, 1.165) is 21.7 Å². The number of fused-ring (bicyclic) bond motifs is 1. The van der Waals surface area contributed by atoms with Crippen molar-refractivity contribution in [2.75, 3.05) is 12.4 Å². The molecule has 146 valence electrons. The summed E-state index contributed by atoms with van der Waals surface area (Å²) in [4.78, 5) is 23.6. The number of nitro benzene ring substituents is 1. The van der Waals surface area contributed by atoms with Gasteiger partial charge in [0, 0.05) is 34.7 Å². The molecular weight excluding hydrogens is 388 g/mol. The lowest BCUT2D eigenvalue weighted by molar-refractivity contribution is -0.384. The molecular formula is C22H18N2O4S. The van der Waals surface area contributed by atoms with E-state index in [9.17, 15) is 14.9 Å². The molecule has 1 unspecified atom stereocenters. The number of hydrogen-bond acceptors (Lipinski definition) is 6. The van der Waals surface area contributed by atoms with Crippen LogP contribution in [0.5, 0.6) is 0 Å². The maximum atomic E-state index is 12.7. The molecule has 0 bridgehead atoms. The first-order chi connectivity index (χ1) is 14.0. The SMILES string of the molecule is COC(=O)C1=C(C)Nc2scc(-c3ccccc3)c2C1c1cccc([N+](=O)[O-])c1. The summed E-state index contributed by atoms with van der Waals surface area (Å²) in [6.07, 6.45) is 0. The predicted octanol–water partition coefficient (Wildman–Crippen LogP) is 5.33. The van der Waals surface area contributed by atoms with Crippen molar-refractivity contribution in [1.29, 1.82) is 0 Å². The summed E-state index contributed by atoms with van der Waals surface area (Å²) in [5.41, 5.74) is 4.74. The highest BCUT2D eigenvalue weighted by atomic mass is 32.1. The Hall–Kier alpha value is -3.45. The fraction of sp³-hybridized carbons (Fsp3) is 0.136. The third kappa shape index (κ3) is 3.30. The van der Waals surface area contributed by atoms with Crippen LogP contribution in [0.25, 0.3) is 11.1 Å². The van der Waals surface area contributed by atoms with E-state index in [2.05, 4.69) is 5.32 Å². The van der Waals surface area contributed by atoms with E-state index in [4.69, 9.17) is 4.74 Å². The molecule has 2 aromatic carbocycles. The van der Waals surface area contributed by atoms with Crippen molar-refractivity contribution < 1.29 is 14.5 Å². The Morgan fingerprint density at radius 1 is 1.17 bits per heavy atom. The highest BCUT2D eigenvalue weighted by molar-refractivity contribution is 7.15. The number of esters is 1. The minimum absolute atomic E-state index is 0.0130. The normalized spacial score (nSPS) is 15.4. The van der Waals surface area contributed by atoms with Crippen LogP contribution in [0.4, 0.5) is 10.7 Å². The number of nitrogens with one attached hydrogen (secondary N) is 1. The maximum absolute atomic E-state index is 12.7. The van der Waals surface area contributed by atoms with E-state index >= 15 is 0 Å². The zero-order valence-electron chi connectivity index (χ0n) is 15.8. The van der Waals surface area contributed by atoms with Gasteiger partial charge in [-0.25, -0.2) is 4.79 Å². The summed E-state index contributed by atoms with van der Waals surface area (Å²) in [7, 11) is 1.34. The largest absolute Gasteiger partial charge is 0.466 e. The Morgan fingerprint density at radius 3 is 2.62 bits per heavy atom. The Morgan fingerprint density at radius 2 is 1.93 bits per heavy atom. The highest BCUT2D eigenvalue weighted by Crippen LogP contribution is 2.50. The lowest BCUT2D eigenvalue weighted by Gasteiger charge is -2.29. The Labute approximate surface area is 171 Å². The van der Waals surface area contributed by atoms with E-state index < -0.39 is 16.8 Å². The third-order valence-electron chi connectivity index (χ3n) is 5.02. The maximum Gasteiger partial charge on any atom is 0.336 e. The van der Waals surface area contributed by atoms with Crippen molar-refractivity contribution in [3.8, 4) is 11.1 Å². The van der Waals surface area contributed by atoms with Gasteiger partial charge >= 0.3 is 5.97 Å². The van der Waals surface area contributed by atoms with Crippen molar-refractivity contribution in [3.05, 3.63) is 92.5 Å². The quantitative estimate of drug-likeness (QED) is 0.360. The molecule has 29 heavy (non-hydrogen) atoms. The molecule has 0 saturated heterocycles. The first-order valence-electron chi connectivity index (χ1n) is 8.98. The average Bonchev–Trinajstić information content (AvgIpc) is 3.16. The first kappa shape index (κ1) is 18.9. The number of non-ortho nitro benzene ring substituents is 1. The minimum atomic E-state index is -0.472. The van der Waals surface area contributed by atoms with Crippen LogP contribution in [0, 0.1) is 10.1 Å². The number of nitro groups is 1. The molecule has 6 nitrogen and oxygen atoms in total. The summed E-state index contributed by atoms with van der Waals surface area (Å²) in [6.45, 7) is 1.82. The summed E-state index contributed by atoms with van der Waals surface area (Å²) in [5, 5.41) is 17.6. The second-order valence-corrected chi connectivity index (χ2v) is 7.58. The molecule has 3 aromatic rings. The number of nitrogens with zero attached hydrogens (tertiary/aromatic N) is 1. The fourth-order valence-corrected chi connectivity index (χ4v) is 4.79. The van der Waals surface area contributed by atoms with Crippen LogP contribution in [0.1, 0.15) is 24.0 Å². The monoisotopic (exact) mass is 406 g/mol. The molecule has 2 heterocycles.